The van der Waals surface area contributed by atoms with Crippen LogP contribution in [0.1, 0.15) is 19.3 Å². The lowest BCUT2D eigenvalue weighted by molar-refractivity contribution is 0.598. The van der Waals surface area contributed by atoms with E-state index in [0.717, 1.165) is 35.7 Å². The molecule has 5 rings (SSSR count). The Morgan fingerprint density at radius 3 is 2.54 bits per heavy atom. The second-order valence-corrected chi connectivity index (χ2v) is 10.7. The number of aromatic nitrogens is 2. The first-order valence-electron chi connectivity index (χ1n) is 11.1. The minimum absolute atomic E-state index is 0.0561. The first kappa shape index (κ1) is 23.5. The molecule has 0 spiro atoms. The summed E-state index contributed by atoms with van der Waals surface area (Å²) in [5, 5.41) is 4.20. The number of rotatable bonds is 6. The topological polar surface area (TPSA) is 110 Å². The number of fused-ring (bicyclic) bond motifs is 1. The van der Waals surface area contributed by atoms with Crippen molar-refractivity contribution in [3.63, 3.8) is 0 Å². The first-order valence-corrected chi connectivity index (χ1v) is 13.0. The monoisotopic (exact) mass is 511 g/mol. The Kier molecular flexibility index (Phi) is 6.31. The van der Waals surface area contributed by atoms with Gasteiger partial charge in [0.2, 0.25) is 5.95 Å². The zero-order valence-corrected chi connectivity index (χ0v) is 20.2. The molecular formula is C25H23ClFN5O2S. The van der Waals surface area contributed by atoms with Crippen LogP contribution >= 0.6 is 11.6 Å². The number of nitrogens with one attached hydrogen (secondary N) is 2. The highest BCUT2D eigenvalue weighted by Crippen LogP contribution is 2.30. The maximum Gasteiger partial charge on any atom is 0.263 e. The molecule has 0 radical (unpaired) electrons. The molecule has 1 aliphatic rings. The molecule has 1 fully saturated rings. The van der Waals surface area contributed by atoms with Gasteiger partial charge in [0.15, 0.2) is 0 Å². The largest absolute Gasteiger partial charge is 0.351 e. The molecule has 0 amide bonds. The van der Waals surface area contributed by atoms with Crippen LogP contribution in [-0.4, -0.2) is 30.5 Å². The van der Waals surface area contributed by atoms with Gasteiger partial charge in [0.25, 0.3) is 10.0 Å². The number of nitrogens with two attached hydrogens (primary N) is 1. The fraction of sp³-hybridized carbons (Fsp3) is 0.200. The summed E-state index contributed by atoms with van der Waals surface area (Å²) in [6.07, 6.45) is 4.62. The van der Waals surface area contributed by atoms with Crippen molar-refractivity contribution in [2.24, 2.45) is 5.73 Å². The van der Waals surface area contributed by atoms with Crippen molar-refractivity contribution in [2.75, 3.05) is 10.0 Å². The van der Waals surface area contributed by atoms with E-state index in [4.69, 9.17) is 17.3 Å². The summed E-state index contributed by atoms with van der Waals surface area (Å²) >= 11 is 5.99. The molecule has 0 saturated heterocycles. The molecule has 4 N–H and O–H groups in total. The lowest BCUT2D eigenvalue weighted by Crippen LogP contribution is -2.21. The van der Waals surface area contributed by atoms with Gasteiger partial charge in [-0.2, -0.15) is 0 Å². The summed E-state index contributed by atoms with van der Waals surface area (Å²) in [6, 6.07) is 16.4. The molecule has 4 aromatic rings. The van der Waals surface area contributed by atoms with Gasteiger partial charge in [-0.15, -0.1) is 0 Å². The summed E-state index contributed by atoms with van der Waals surface area (Å²) in [6.45, 7) is 0. The van der Waals surface area contributed by atoms with Crippen LogP contribution in [0.5, 0.6) is 0 Å². The Morgan fingerprint density at radius 1 is 1.03 bits per heavy atom. The SMILES string of the molecule is N[C@H]1CC[C@H](Nc2ncc3cc(-c4ccc(NS(=O)(=O)c5ccccc5Cl)c(F)c4)ccc3n2)C1. The van der Waals surface area contributed by atoms with Crippen LogP contribution in [0.25, 0.3) is 22.0 Å². The molecule has 1 aliphatic carbocycles. The second kappa shape index (κ2) is 9.41. The van der Waals surface area contributed by atoms with Crippen LogP contribution in [0.15, 0.2) is 71.8 Å². The van der Waals surface area contributed by atoms with E-state index in [1.165, 1.54) is 24.3 Å². The fourth-order valence-corrected chi connectivity index (χ4v) is 5.84. The van der Waals surface area contributed by atoms with Gasteiger partial charge < -0.3 is 11.1 Å². The summed E-state index contributed by atoms with van der Waals surface area (Å²) < 4.78 is 42.4. The first-order chi connectivity index (χ1) is 16.8. The predicted octanol–water partition coefficient (Wildman–Crippen LogP) is 5.18. The predicted molar refractivity (Wildman–Crippen MR) is 136 cm³/mol. The van der Waals surface area contributed by atoms with Crippen molar-refractivity contribution in [1.29, 1.82) is 0 Å². The Balaban J connectivity index is 1.36. The van der Waals surface area contributed by atoms with E-state index < -0.39 is 15.8 Å². The van der Waals surface area contributed by atoms with Gasteiger partial charge in [-0.25, -0.2) is 22.8 Å². The van der Waals surface area contributed by atoms with Gasteiger partial charge in [0.1, 0.15) is 10.7 Å². The summed E-state index contributed by atoms with van der Waals surface area (Å²) in [7, 11) is -4.04. The normalized spacial score (nSPS) is 18.0. The van der Waals surface area contributed by atoms with Crippen LogP contribution in [0.4, 0.5) is 16.0 Å². The Morgan fingerprint density at radius 2 is 1.80 bits per heavy atom. The van der Waals surface area contributed by atoms with Crippen molar-refractivity contribution in [1.82, 2.24) is 9.97 Å². The molecule has 1 heterocycles. The van der Waals surface area contributed by atoms with Crippen molar-refractivity contribution < 1.29 is 12.8 Å². The lowest BCUT2D eigenvalue weighted by atomic mass is 10.0. The molecule has 7 nitrogen and oxygen atoms in total. The molecule has 10 heteroatoms. The number of hydrogen-bond acceptors (Lipinski definition) is 6. The molecule has 0 bridgehead atoms. The van der Waals surface area contributed by atoms with Crippen molar-refractivity contribution >= 4 is 44.2 Å². The standard InChI is InChI=1S/C25H23ClFN5O2S/c26-20-3-1-2-4-24(20)35(33,34)32-23-10-6-16(12-21(23)27)15-5-9-22-17(11-15)14-29-25(31-22)30-19-8-7-18(28)13-19/h1-6,9-12,14,18-19,32H,7-8,13,28H2,(H,29,30,31)/t18-,19-/m0/s1. The highest BCUT2D eigenvalue weighted by molar-refractivity contribution is 7.92. The average Bonchev–Trinajstić information content (AvgIpc) is 3.24. The van der Waals surface area contributed by atoms with Crippen LogP contribution in [0, 0.1) is 5.82 Å². The molecule has 35 heavy (non-hydrogen) atoms. The number of anilines is 2. The summed E-state index contributed by atoms with van der Waals surface area (Å²) in [5.41, 5.74) is 7.92. The zero-order valence-electron chi connectivity index (χ0n) is 18.6. The molecule has 1 aromatic heterocycles. The van der Waals surface area contributed by atoms with Crippen molar-refractivity contribution in [3.8, 4) is 11.1 Å². The molecule has 3 aromatic carbocycles. The van der Waals surface area contributed by atoms with Crippen LogP contribution in [0.3, 0.4) is 0 Å². The van der Waals surface area contributed by atoms with Crippen LogP contribution in [0.2, 0.25) is 5.02 Å². The second-order valence-electron chi connectivity index (χ2n) is 8.61. The van der Waals surface area contributed by atoms with E-state index >= 15 is 0 Å². The quantitative estimate of drug-likeness (QED) is 0.329. The third-order valence-electron chi connectivity index (χ3n) is 6.06. The number of halogens is 2. The van der Waals surface area contributed by atoms with Crippen molar-refractivity contribution in [3.05, 3.63) is 77.7 Å². The average molecular weight is 512 g/mol. The number of sulfonamides is 1. The molecule has 180 valence electrons. The van der Waals surface area contributed by atoms with E-state index in [9.17, 15) is 12.8 Å². The Labute approximate surface area is 207 Å². The van der Waals surface area contributed by atoms with Crippen LogP contribution < -0.4 is 15.8 Å². The third-order valence-corrected chi connectivity index (χ3v) is 7.92. The summed E-state index contributed by atoms with van der Waals surface area (Å²) in [5.74, 6) is -0.144. The highest BCUT2D eigenvalue weighted by Gasteiger charge is 2.22. The molecule has 2 atom stereocenters. The lowest BCUT2D eigenvalue weighted by Gasteiger charge is -2.13. The van der Waals surface area contributed by atoms with E-state index in [1.807, 2.05) is 18.2 Å². The third kappa shape index (κ3) is 5.07. The van der Waals surface area contributed by atoms with Crippen molar-refractivity contribution in [2.45, 2.75) is 36.2 Å². The Bertz CT molecular complexity index is 1520. The van der Waals surface area contributed by atoms with E-state index in [-0.39, 0.29) is 27.7 Å². The van der Waals surface area contributed by atoms with Gasteiger partial charge in [0, 0.05) is 23.7 Å². The highest BCUT2D eigenvalue weighted by atomic mass is 35.5. The van der Waals surface area contributed by atoms with E-state index in [2.05, 4.69) is 20.0 Å². The molecule has 0 unspecified atom stereocenters. The maximum absolute atomic E-state index is 14.9. The van der Waals surface area contributed by atoms with Crippen LogP contribution in [-0.2, 0) is 10.0 Å². The maximum atomic E-state index is 14.9. The molecule has 0 aliphatic heterocycles. The van der Waals surface area contributed by atoms with Gasteiger partial charge in [-0.1, -0.05) is 35.9 Å². The van der Waals surface area contributed by atoms with Gasteiger partial charge in [0.05, 0.1) is 16.2 Å². The van der Waals surface area contributed by atoms with Gasteiger partial charge >= 0.3 is 0 Å². The summed E-state index contributed by atoms with van der Waals surface area (Å²) in [4.78, 5) is 8.87. The minimum atomic E-state index is -4.04. The molecular weight excluding hydrogens is 489 g/mol. The fourth-order valence-electron chi connectivity index (χ4n) is 4.25. The number of hydrogen-bond donors (Lipinski definition) is 3. The van der Waals surface area contributed by atoms with Gasteiger partial charge in [-0.05, 0) is 66.8 Å². The van der Waals surface area contributed by atoms with E-state index in [1.54, 1.807) is 24.4 Å². The number of benzene rings is 3. The molecule has 1 saturated carbocycles. The number of nitrogens with zero attached hydrogens (tertiary/aromatic N) is 2. The smallest absolute Gasteiger partial charge is 0.263 e. The van der Waals surface area contributed by atoms with E-state index in [0.29, 0.717) is 11.5 Å². The van der Waals surface area contributed by atoms with Gasteiger partial charge in [-0.3, -0.25) is 4.72 Å². The zero-order chi connectivity index (χ0) is 24.6. The Hall–Kier alpha value is -3.27. The minimum Gasteiger partial charge on any atom is -0.351 e.